The quantitative estimate of drug-likeness (QED) is 0.817. The predicted octanol–water partition coefficient (Wildman–Crippen LogP) is 1.60. The van der Waals surface area contributed by atoms with Crippen LogP contribution < -0.4 is 0 Å². The molecule has 1 heterocycles. The summed E-state index contributed by atoms with van der Waals surface area (Å²) in [5.74, 6) is 0.466. The molecular formula is C12H23NO4. The molecule has 5 heteroatoms. The van der Waals surface area contributed by atoms with E-state index < -0.39 is 11.6 Å². The first-order valence-corrected chi connectivity index (χ1v) is 6.08. The molecule has 1 rings (SSSR count). The van der Waals surface area contributed by atoms with Crippen LogP contribution in [0, 0.1) is 5.92 Å². The van der Waals surface area contributed by atoms with Crippen molar-refractivity contribution in [1.29, 1.82) is 0 Å². The molecule has 0 radical (unpaired) electrons. The van der Waals surface area contributed by atoms with Gasteiger partial charge in [0.1, 0.15) is 6.23 Å². The Balaban J connectivity index is 2.81. The predicted molar refractivity (Wildman–Crippen MR) is 63.5 cm³/mol. The first-order chi connectivity index (χ1) is 7.98. The minimum atomic E-state index is -0.675. The highest BCUT2D eigenvalue weighted by Gasteiger charge is 2.47. The molecule has 0 aromatic carbocycles. The molecule has 1 aliphatic rings. The van der Waals surface area contributed by atoms with Crippen LogP contribution in [-0.2, 0) is 9.47 Å². The van der Waals surface area contributed by atoms with E-state index in [1.165, 1.54) is 12.0 Å². The highest BCUT2D eigenvalue weighted by Crippen LogP contribution is 2.31. The van der Waals surface area contributed by atoms with Crippen LogP contribution in [0.25, 0.3) is 0 Å². The summed E-state index contributed by atoms with van der Waals surface area (Å²) >= 11 is 0. The van der Waals surface area contributed by atoms with E-state index in [1.807, 2.05) is 0 Å². The Morgan fingerprint density at radius 3 is 2.82 bits per heavy atom. The van der Waals surface area contributed by atoms with Gasteiger partial charge in [-0.25, -0.2) is 4.79 Å². The molecule has 0 spiro atoms. The number of aliphatic hydroxyl groups excluding tert-OH is 1. The molecule has 1 saturated heterocycles. The second-order valence-corrected chi connectivity index (χ2v) is 5.01. The van der Waals surface area contributed by atoms with Crippen molar-refractivity contribution in [3.05, 3.63) is 0 Å². The largest absolute Gasteiger partial charge is 0.453 e. The number of nitrogens with zero attached hydrogens (tertiary/aromatic N) is 1. The van der Waals surface area contributed by atoms with Crippen LogP contribution in [0.3, 0.4) is 0 Å². The Morgan fingerprint density at radius 2 is 2.35 bits per heavy atom. The van der Waals surface area contributed by atoms with Crippen LogP contribution in [0.15, 0.2) is 0 Å². The van der Waals surface area contributed by atoms with Crippen LogP contribution in [0.1, 0.15) is 33.6 Å². The maximum Gasteiger partial charge on any atom is 0.412 e. The van der Waals surface area contributed by atoms with Gasteiger partial charge in [-0.05, 0) is 19.3 Å². The number of rotatable bonds is 4. The summed E-state index contributed by atoms with van der Waals surface area (Å²) < 4.78 is 10.4. The second kappa shape index (κ2) is 5.69. The topological polar surface area (TPSA) is 59.0 Å². The lowest BCUT2D eigenvalue weighted by molar-refractivity contribution is 0.00151. The number of aliphatic hydroxyl groups is 1. The zero-order valence-corrected chi connectivity index (χ0v) is 11.1. The van der Waals surface area contributed by atoms with E-state index in [9.17, 15) is 9.90 Å². The van der Waals surface area contributed by atoms with Gasteiger partial charge >= 0.3 is 6.09 Å². The zero-order valence-electron chi connectivity index (χ0n) is 11.1. The van der Waals surface area contributed by atoms with Gasteiger partial charge in [0.2, 0.25) is 0 Å². The van der Waals surface area contributed by atoms with Gasteiger partial charge in [0.05, 0.1) is 25.9 Å². The molecule has 3 atom stereocenters. The SMILES string of the molecule is CCC(C)CC1OCC(C)(CO)N1C(=O)OC. The Labute approximate surface area is 103 Å². The summed E-state index contributed by atoms with van der Waals surface area (Å²) in [5.41, 5.74) is -0.675. The average Bonchev–Trinajstić information content (AvgIpc) is 2.66. The van der Waals surface area contributed by atoms with Crippen LogP contribution >= 0.6 is 0 Å². The first kappa shape index (κ1) is 14.3. The monoisotopic (exact) mass is 245 g/mol. The van der Waals surface area contributed by atoms with Crippen molar-refractivity contribution >= 4 is 6.09 Å². The van der Waals surface area contributed by atoms with Gasteiger partial charge < -0.3 is 14.6 Å². The molecule has 0 aliphatic carbocycles. The van der Waals surface area contributed by atoms with Gasteiger partial charge in [-0.1, -0.05) is 20.3 Å². The Hall–Kier alpha value is -0.810. The molecule has 1 aliphatic heterocycles. The van der Waals surface area contributed by atoms with Crippen LogP contribution in [-0.4, -0.2) is 48.2 Å². The van der Waals surface area contributed by atoms with Gasteiger partial charge in [0, 0.05) is 0 Å². The number of ether oxygens (including phenoxy) is 2. The van der Waals surface area contributed by atoms with Gasteiger partial charge in [-0.2, -0.15) is 0 Å². The number of hydrogen-bond donors (Lipinski definition) is 1. The van der Waals surface area contributed by atoms with Crippen molar-refractivity contribution < 1.29 is 19.4 Å². The first-order valence-electron chi connectivity index (χ1n) is 6.08. The molecule has 0 bridgehead atoms. The molecule has 0 aromatic rings. The van der Waals surface area contributed by atoms with Crippen LogP contribution in [0.5, 0.6) is 0 Å². The highest BCUT2D eigenvalue weighted by molar-refractivity contribution is 5.69. The minimum Gasteiger partial charge on any atom is -0.453 e. The summed E-state index contributed by atoms with van der Waals surface area (Å²) in [6.07, 6.45) is 1.06. The third-order valence-electron chi connectivity index (χ3n) is 3.47. The third-order valence-corrected chi connectivity index (χ3v) is 3.47. The highest BCUT2D eigenvalue weighted by atomic mass is 16.6. The summed E-state index contributed by atoms with van der Waals surface area (Å²) in [4.78, 5) is 13.3. The zero-order chi connectivity index (χ0) is 13.1. The molecule has 17 heavy (non-hydrogen) atoms. The van der Waals surface area contributed by atoms with E-state index >= 15 is 0 Å². The molecule has 0 aromatic heterocycles. The third kappa shape index (κ3) is 2.90. The van der Waals surface area contributed by atoms with Gasteiger partial charge in [-0.15, -0.1) is 0 Å². The lowest BCUT2D eigenvalue weighted by Crippen LogP contribution is -2.52. The molecule has 5 nitrogen and oxygen atoms in total. The number of amides is 1. The molecule has 1 fully saturated rings. The van der Waals surface area contributed by atoms with Gasteiger partial charge in [0.25, 0.3) is 0 Å². The molecule has 1 N–H and O–H groups in total. The van der Waals surface area contributed by atoms with Crippen molar-refractivity contribution in [2.75, 3.05) is 20.3 Å². The smallest absolute Gasteiger partial charge is 0.412 e. The molecule has 1 amide bonds. The number of methoxy groups -OCH3 is 1. The van der Waals surface area contributed by atoms with E-state index in [0.29, 0.717) is 12.5 Å². The van der Waals surface area contributed by atoms with E-state index in [4.69, 9.17) is 9.47 Å². The lowest BCUT2D eigenvalue weighted by Gasteiger charge is -2.34. The molecule has 100 valence electrons. The van der Waals surface area contributed by atoms with Gasteiger partial charge in [-0.3, -0.25) is 4.90 Å². The number of carbonyl (C=O) groups excluding carboxylic acids is 1. The average molecular weight is 245 g/mol. The van der Waals surface area contributed by atoms with Crippen LogP contribution in [0.2, 0.25) is 0 Å². The van der Waals surface area contributed by atoms with Crippen molar-refractivity contribution in [3.8, 4) is 0 Å². The Bertz CT molecular complexity index is 271. The normalized spacial score (nSPS) is 30.4. The van der Waals surface area contributed by atoms with Crippen molar-refractivity contribution in [2.45, 2.75) is 45.4 Å². The fraction of sp³-hybridized carbons (Fsp3) is 0.917. The van der Waals surface area contributed by atoms with Crippen molar-refractivity contribution in [3.63, 3.8) is 0 Å². The van der Waals surface area contributed by atoms with E-state index in [0.717, 1.165) is 12.8 Å². The second-order valence-electron chi connectivity index (χ2n) is 5.01. The minimum absolute atomic E-state index is 0.126. The van der Waals surface area contributed by atoms with Crippen LogP contribution in [0.4, 0.5) is 4.79 Å². The van der Waals surface area contributed by atoms with Crippen molar-refractivity contribution in [2.24, 2.45) is 5.92 Å². The molecule has 3 unspecified atom stereocenters. The van der Waals surface area contributed by atoms with E-state index in [-0.39, 0.29) is 12.8 Å². The van der Waals surface area contributed by atoms with Gasteiger partial charge in [0.15, 0.2) is 0 Å². The summed E-state index contributed by atoms with van der Waals surface area (Å²) in [7, 11) is 1.35. The Kier molecular flexibility index (Phi) is 4.77. The number of hydrogen-bond acceptors (Lipinski definition) is 4. The summed E-state index contributed by atoms with van der Waals surface area (Å²) in [6.45, 7) is 6.25. The lowest BCUT2D eigenvalue weighted by atomic mass is 10.0. The maximum atomic E-state index is 11.8. The fourth-order valence-corrected chi connectivity index (χ4v) is 2.01. The summed E-state index contributed by atoms with van der Waals surface area (Å²) in [5, 5.41) is 9.42. The Morgan fingerprint density at radius 1 is 1.71 bits per heavy atom. The summed E-state index contributed by atoms with van der Waals surface area (Å²) in [6, 6.07) is 0. The molecule has 0 saturated carbocycles. The van der Waals surface area contributed by atoms with E-state index in [1.54, 1.807) is 6.92 Å². The van der Waals surface area contributed by atoms with Crippen molar-refractivity contribution in [1.82, 2.24) is 4.90 Å². The fourth-order valence-electron chi connectivity index (χ4n) is 2.01. The van der Waals surface area contributed by atoms with E-state index in [2.05, 4.69) is 13.8 Å². The number of carbonyl (C=O) groups is 1. The molecular weight excluding hydrogens is 222 g/mol. The maximum absolute atomic E-state index is 11.8. The standard InChI is InChI=1S/C12H23NO4/c1-5-9(2)6-10-13(11(15)16-4)12(3,7-14)8-17-10/h9-10,14H,5-8H2,1-4H3.